The van der Waals surface area contributed by atoms with Crippen LogP contribution in [0.25, 0.3) is 0 Å². The number of aliphatic hydroxyl groups is 1. The molecule has 4 nitrogen and oxygen atoms in total. The van der Waals surface area contributed by atoms with Gasteiger partial charge in [0.2, 0.25) is 0 Å². The number of rotatable bonds is 3. The van der Waals surface area contributed by atoms with Gasteiger partial charge >= 0.3 is 0 Å². The Bertz CT molecular complexity index is 178. The fourth-order valence-corrected chi connectivity index (χ4v) is 1.65. The lowest BCUT2D eigenvalue weighted by atomic mass is 10.4. The zero-order chi connectivity index (χ0) is 9.52. The average molecular weight is 183 g/mol. The Morgan fingerprint density at radius 2 is 1.85 bits per heavy atom. The first kappa shape index (κ1) is 10.5. The van der Waals surface area contributed by atoms with Gasteiger partial charge in [-0.25, -0.2) is 0 Å². The summed E-state index contributed by atoms with van der Waals surface area (Å²) >= 11 is 0. The highest BCUT2D eigenvalue weighted by atomic mass is 16.3. The molecule has 1 aliphatic rings. The highest BCUT2D eigenvalue weighted by molar-refractivity contribution is 4.79. The lowest BCUT2D eigenvalue weighted by molar-refractivity contribution is 0.198. The molecule has 0 amide bonds. The second-order valence-electron chi connectivity index (χ2n) is 3.35. The fourth-order valence-electron chi connectivity index (χ4n) is 1.65. The van der Waals surface area contributed by atoms with Crippen molar-refractivity contribution in [3.63, 3.8) is 0 Å². The van der Waals surface area contributed by atoms with Crippen LogP contribution in [0.5, 0.6) is 0 Å². The molecule has 0 spiro atoms. The van der Waals surface area contributed by atoms with Gasteiger partial charge in [0.1, 0.15) is 0 Å². The van der Waals surface area contributed by atoms with Gasteiger partial charge in [0.15, 0.2) is 0 Å². The molecule has 0 aliphatic carbocycles. The van der Waals surface area contributed by atoms with Crippen LogP contribution in [0.1, 0.15) is 6.42 Å². The summed E-state index contributed by atoms with van der Waals surface area (Å²) in [6, 6.07) is 2.17. The summed E-state index contributed by atoms with van der Waals surface area (Å²) in [6.45, 7) is 5.51. The normalized spacial score (nSPS) is 20.9. The first-order valence-corrected chi connectivity index (χ1v) is 4.79. The van der Waals surface area contributed by atoms with E-state index in [4.69, 9.17) is 10.4 Å². The Morgan fingerprint density at radius 3 is 2.54 bits per heavy atom. The van der Waals surface area contributed by atoms with Crippen molar-refractivity contribution < 1.29 is 5.11 Å². The first-order valence-electron chi connectivity index (χ1n) is 4.79. The van der Waals surface area contributed by atoms with E-state index in [1.54, 1.807) is 0 Å². The van der Waals surface area contributed by atoms with Crippen LogP contribution in [-0.4, -0.2) is 60.8 Å². The number of aliphatic hydroxyl groups excluding tert-OH is 1. The van der Waals surface area contributed by atoms with Crippen LogP contribution in [0, 0.1) is 11.3 Å². The summed E-state index contributed by atoms with van der Waals surface area (Å²) in [5.74, 6) is 0. The third kappa shape index (κ3) is 3.73. The maximum absolute atomic E-state index is 8.77. The number of hydrogen-bond acceptors (Lipinski definition) is 4. The van der Waals surface area contributed by atoms with Crippen molar-refractivity contribution in [3.8, 4) is 6.07 Å². The van der Waals surface area contributed by atoms with Gasteiger partial charge in [-0.15, -0.1) is 0 Å². The van der Waals surface area contributed by atoms with Gasteiger partial charge in [-0.2, -0.15) is 5.26 Å². The van der Waals surface area contributed by atoms with Gasteiger partial charge < -0.3 is 5.11 Å². The molecule has 4 heteroatoms. The van der Waals surface area contributed by atoms with Gasteiger partial charge in [-0.05, 0) is 13.0 Å². The molecule has 0 aromatic rings. The summed E-state index contributed by atoms with van der Waals surface area (Å²) in [5.41, 5.74) is 0. The second kappa shape index (κ2) is 5.92. The lowest BCUT2D eigenvalue weighted by Gasteiger charge is -2.18. The van der Waals surface area contributed by atoms with E-state index in [0.29, 0.717) is 6.54 Å². The maximum atomic E-state index is 8.77. The van der Waals surface area contributed by atoms with Gasteiger partial charge in [-0.1, -0.05) is 0 Å². The van der Waals surface area contributed by atoms with Gasteiger partial charge in [0.05, 0.1) is 19.2 Å². The number of β-amino-alcohol motifs (C(OH)–C–C–N with tert-alkyl or cyclic N) is 1. The topological polar surface area (TPSA) is 50.5 Å². The fraction of sp³-hybridized carbons (Fsp3) is 0.889. The molecule has 0 atom stereocenters. The van der Waals surface area contributed by atoms with E-state index in [-0.39, 0.29) is 6.61 Å². The van der Waals surface area contributed by atoms with Crippen LogP contribution >= 0.6 is 0 Å². The predicted octanol–water partition coefficient (Wildman–Crippen LogP) is -0.490. The third-order valence-electron chi connectivity index (χ3n) is 2.39. The third-order valence-corrected chi connectivity index (χ3v) is 2.39. The Morgan fingerprint density at radius 1 is 1.15 bits per heavy atom. The monoisotopic (exact) mass is 183 g/mol. The summed E-state index contributed by atoms with van der Waals surface area (Å²) in [6.07, 6.45) is 1.10. The highest BCUT2D eigenvalue weighted by Gasteiger charge is 2.13. The van der Waals surface area contributed by atoms with Crippen molar-refractivity contribution >= 4 is 0 Å². The van der Waals surface area contributed by atoms with Crippen LogP contribution in [0.2, 0.25) is 0 Å². The van der Waals surface area contributed by atoms with E-state index in [1.165, 1.54) is 0 Å². The van der Waals surface area contributed by atoms with Crippen LogP contribution in [0.15, 0.2) is 0 Å². The molecule has 1 aliphatic heterocycles. The molecule has 74 valence electrons. The molecule has 1 heterocycles. The molecule has 0 saturated carbocycles. The van der Waals surface area contributed by atoms with Crippen molar-refractivity contribution in [1.82, 2.24) is 9.80 Å². The molecule has 13 heavy (non-hydrogen) atoms. The number of nitriles is 1. The molecular formula is C9H17N3O. The van der Waals surface area contributed by atoms with Gasteiger partial charge in [0, 0.05) is 26.2 Å². The molecule has 0 radical (unpaired) electrons. The Labute approximate surface area is 79.4 Å². The van der Waals surface area contributed by atoms with Crippen LogP contribution in [-0.2, 0) is 0 Å². The largest absolute Gasteiger partial charge is 0.395 e. The van der Waals surface area contributed by atoms with Gasteiger partial charge in [0.25, 0.3) is 0 Å². The molecule has 0 bridgehead atoms. The summed E-state index contributed by atoms with van der Waals surface area (Å²) in [5, 5.41) is 17.3. The van der Waals surface area contributed by atoms with E-state index in [1.807, 2.05) is 0 Å². The number of hydrogen-bond donors (Lipinski definition) is 1. The molecule has 0 aromatic carbocycles. The average Bonchev–Trinajstić information content (AvgIpc) is 2.33. The minimum Gasteiger partial charge on any atom is -0.395 e. The highest BCUT2D eigenvalue weighted by Crippen LogP contribution is 2.01. The standard InChI is InChI=1S/C9H17N3O/c10-2-5-11-3-1-4-12(7-6-11)8-9-13/h13H,1,3-9H2. The van der Waals surface area contributed by atoms with Crippen LogP contribution < -0.4 is 0 Å². The Kier molecular flexibility index (Phi) is 4.76. The molecule has 1 rings (SSSR count). The number of nitrogens with zero attached hydrogens (tertiary/aromatic N) is 3. The van der Waals surface area contributed by atoms with Crippen molar-refractivity contribution in [2.75, 3.05) is 45.9 Å². The quantitative estimate of drug-likeness (QED) is 0.600. The SMILES string of the molecule is N#CCN1CCCN(CCO)CC1. The van der Waals surface area contributed by atoms with E-state index in [9.17, 15) is 0 Å². The van der Waals surface area contributed by atoms with Gasteiger partial charge in [-0.3, -0.25) is 9.80 Å². The zero-order valence-corrected chi connectivity index (χ0v) is 7.95. The van der Waals surface area contributed by atoms with E-state index < -0.39 is 0 Å². The molecule has 1 saturated heterocycles. The Balaban J connectivity index is 2.27. The summed E-state index contributed by atoms with van der Waals surface area (Å²) in [7, 11) is 0. The smallest absolute Gasteiger partial charge is 0.0866 e. The minimum atomic E-state index is 0.234. The predicted molar refractivity (Wildman–Crippen MR) is 50.2 cm³/mol. The Hall–Kier alpha value is -0.630. The molecular weight excluding hydrogens is 166 g/mol. The van der Waals surface area contributed by atoms with E-state index in [2.05, 4.69) is 15.9 Å². The zero-order valence-electron chi connectivity index (χ0n) is 7.95. The summed E-state index contributed by atoms with van der Waals surface area (Å²) < 4.78 is 0. The second-order valence-corrected chi connectivity index (χ2v) is 3.35. The lowest BCUT2D eigenvalue weighted by Crippen LogP contribution is -2.32. The maximum Gasteiger partial charge on any atom is 0.0866 e. The first-order chi connectivity index (χ1) is 6.36. The molecule has 1 fully saturated rings. The molecule has 1 N–H and O–H groups in total. The van der Waals surface area contributed by atoms with Crippen LogP contribution in [0.3, 0.4) is 0 Å². The van der Waals surface area contributed by atoms with Crippen molar-refractivity contribution in [2.45, 2.75) is 6.42 Å². The van der Waals surface area contributed by atoms with Crippen LogP contribution in [0.4, 0.5) is 0 Å². The van der Waals surface area contributed by atoms with Crippen molar-refractivity contribution in [2.24, 2.45) is 0 Å². The van der Waals surface area contributed by atoms with Crippen molar-refractivity contribution in [3.05, 3.63) is 0 Å². The van der Waals surface area contributed by atoms with E-state index in [0.717, 1.165) is 39.1 Å². The van der Waals surface area contributed by atoms with E-state index >= 15 is 0 Å². The molecule has 0 aromatic heterocycles. The minimum absolute atomic E-state index is 0.234. The summed E-state index contributed by atoms with van der Waals surface area (Å²) in [4.78, 5) is 4.41. The van der Waals surface area contributed by atoms with Crippen molar-refractivity contribution in [1.29, 1.82) is 5.26 Å². The molecule has 0 unspecified atom stereocenters.